The van der Waals surface area contributed by atoms with Crippen LogP contribution in [-0.2, 0) is 0 Å². The van der Waals surface area contributed by atoms with Crippen molar-refractivity contribution in [3.63, 3.8) is 0 Å². The van der Waals surface area contributed by atoms with Crippen molar-refractivity contribution in [3.05, 3.63) is 109 Å². The third-order valence-corrected chi connectivity index (χ3v) is 8.20. The fraction of sp³-hybridized carbons (Fsp3) is 0. The van der Waals surface area contributed by atoms with Gasteiger partial charge in [-0.3, -0.25) is 0 Å². The first-order valence-corrected chi connectivity index (χ1v) is 12.2. The molecule has 0 aliphatic heterocycles. The Balaban J connectivity index is 1.56. The fourth-order valence-electron chi connectivity index (χ4n) is 4.21. The highest BCUT2D eigenvalue weighted by Gasteiger charge is 2.12. The molecule has 0 fully saturated rings. The molecule has 0 saturated heterocycles. The van der Waals surface area contributed by atoms with Crippen molar-refractivity contribution < 1.29 is 0 Å². The van der Waals surface area contributed by atoms with E-state index in [9.17, 15) is 0 Å². The number of benzene rings is 6. The lowest BCUT2D eigenvalue weighted by molar-refractivity contribution is 1.62. The summed E-state index contributed by atoms with van der Waals surface area (Å²) in [4.78, 5) is 2.68. The summed E-state index contributed by atoms with van der Waals surface area (Å²) in [5, 5.41) is 10.4. The van der Waals surface area contributed by atoms with E-state index >= 15 is 0 Å². The van der Waals surface area contributed by atoms with Crippen LogP contribution in [0.25, 0.3) is 43.1 Å². The van der Waals surface area contributed by atoms with Gasteiger partial charge in [0.2, 0.25) is 0 Å². The van der Waals surface area contributed by atoms with E-state index in [1.807, 2.05) is 21.6 Å². The summed E-state index contributed by atoms with van der Waals surface area (Å²) >= 11 is 0. The van der Waals surface area contributed by atoms with Gasteiger partial charge in [0, 0.05) is 9.79 Å². The molecule has 0 aliphatic rings. The molecule has 0 atom stereocenters. The van der Waals surface area contributed by atoms with Gasteiger partial charge in [-0.25, -0.2) is 0 Å². The van der Waals surface area contributed by atoms with E-state index < -0.39 is 0 Å². The molecule has 0 N–H and O–H groups in total. The third-order valence-electron chi connectivity index (χ3n) is 5.65. The molecule has 0 spiro atoms. The number of hydrogen-bond donors (Lipinski definition) is 0. The minimum Gasteiger partial charge on any atom is -0.0616 e. The van der Waals surface area contributed by atoms with Gasteiger partial charge in [0.25, 0.3) is 0 Å². The van der Waals surface area contributed by atoms with Gasteiger partial charge in [-0.1, -0.05) is 119 Å². The number of fused-ring (bicyclic) bond motifs is 4. The molecule has 6 aromatic rings. The molecule has 0 saturated carbocycles. The Labute approximate surface area is 183 Å². The first-order chi connectivity index (χ1) is 14.9. The van der Waals surface area contributed by atoms with Gasteiger partial charge in [-0.15, -0.1) is 0 Å². The fourth-order valence-corrected chi connectivity index (χ4v) is 7.05. The monoisotopic (exact) mass is 418 g/mol. The summed E-state index contributed by atoms with van der Waals surface area (Å²) in [5.41, 5.74) is 0. The zero-order chi connectivity index (χ0) is 19.9. The van der Waals surface area contributed by atoms with E-state index in [1.54, 1.807) is 0 Å². The van der Waals surface area contributed by atoms with Crippen molar-refractivity contribution >= 4 is 64.7 Å². The van der Waals surface area contributed by atoms with Crippen LogP contribution in [0.4, 0.5) is 0 Å². The smallest absolute Gasteiger partial charge is 0.0343 e. The first kappa shape index (κ1) is 17.9. The molecule has 30 heavy (non-hydrogen) atoms. The van der Waals surface area contributed by atoms with E-state index in [0.717, 1.165) is 0 Å². The van der Waals surface area contributed by atoms with Gasteiger partial charge >= 0.3 is 0 Å². The van der Waals surface area contributed by atoms with Crippen molar-refractivity contribution in [2.75, 3.05) is 0 Å². The molecule has 0 nitrogen and oxygen atoms in total. The van der Waals surface area contributed by atoms with Crippen LogP contribution in [0.2, 0.25) is 0 Å². The molecular formula is C28H18S2. The highest BCUT2D eigenvalue weighted by molar-refractivity contribution is 8.77. The predicted molar refractivity (Wildman–Crippen MR) is 135 cm³/mol. The van der Waals surface area contributed by atoms with Crippen molar-refractivity contribution in [2.24, 2.45) is 0 Å². The zero-order valence-electron chi connectivity index (χ0n) is 16.2. The van der Waals surface area contributed by atoms with Gasteiger partial charge in [0.05, 0.1) is 0 Å². The number of rotatable bonds is 3. The SMILES string of the molecule is c1ccc2c(SSc3c4ccccc4cc4ccccc34)c3ccccc3cc2c1. The molecule has 0 amide bonds. The van der Waals surface area contributed by atoms with Crippen LogP contribution in [0, 0.1) is 0 Å². The van der Waals surface area contributed by atoms with Gasteiger partial charge in [0.15, 0.2) is 0 Å². The third kappa shape index (κ3) is 2.96. The Bertz CT molecular complexity index is 1320. The lowest BCUT2D eigenvalue weighted by atomic mass is 10.0. The Morgan fingerprint density at radius 3 is 0.900 bits per heavy atom. The second-order valence-electron chi connectivity index (χ2n) is 7.46. The minimum atomic E-state index is 1.29. The molecule has 0 bridgehead atoms. The van der Waals surface area contributed by atoms with E-state index in [0.29, 0.717) is 0 Å². The van der Waals surface area contributed by atoms with E-state index in [4.69, 9.17) is 0 Å². The maximum atomic E-state index is 2.30. The summed E-state index contributed by atoms with van der Waals surface area (Å²) in [6.45, 7) is 0. The standard InChI is InChI=1S/C28H18S2/c1-5-13-23-19(9-1)17-20-10-2-6-14-24(20)27(23)29-30-28-25-15-7-3-11-21(25)18-22-12-4-8-16-26(22)28/h1-18H. The van der Waals surface area contributed by atoms with Crippen molar-refractivity contribution in [1.82, 2.24) is 0 Å². The van der Waals surface area contributed by atoms with E-state index in [1.165, 1.54) is 52.9 Å². The molecule has 6 aromatic carbocycles. The largest absolute Gasteiger partial charge is 0.0616 e. The first-order valence-electron chi connectivity index (χ1n) is 10.0. The molecular weight excluding hydrogens is 400 g/mol. The second kappa shape index (κ2) is 7.39. The second-order valence-corrected chi connectivity index (χ2v) is 9.61. The van der Waals surface area contributed by atoms with E-state index in [2.05, 4.69) is 109 Å². The van der Waals surface area contributed by atoms with E-state index in [-0.39, 0.29) is 0 Å². The quantitative estimate of drug-likeness (QED) is 0.208. The van der Waals surface area contributed by atoms with Gasteiger partial charge < -0.3 is 0 Å². The highest BCUT2D eigenvalue weighted by Crippen LogP contribution is 2.48. The summed E-state index contributed by atoms with van der Waals surface area (Å²) < 4.78 is 0. The van der Waals surface area contributed by atoms with Gasteiger partial charge in [0.1, 0.15) is 0 Å². The Morgan fingerprint density at radius 1 is 0.333 bits per heavy atom. The molecule has 2 heteroatoms. The molecule has 0 unspecified atom stereocenters. The van der Waals surface area contributed by atoms with Crippen LogP contribution in [0.1, 0.15) is 0 Å². The Hall–Kier alpha value is -2.94. The average Bonchev–Trinajstić information content (AvgIpc) is 2.81. The Morgan fingerprint density at radius 2 is 0.600 bits per heavy atom. The minimum absolute atomic E-state index is 1.29. The predicted octanol–water partition coefficient (Wildman–Crippen LogP) is 9.10. The average molecular weight is 419 g/mol. The van der Waals surface area contributed by atoms with Crippen LogP contribution in [0.15, 0.2) is 119 Å². The van der Waals surface area contributed by atoms with Gasteiger partial charge in [-0.2, -0.15) is 0 Å². The van der Waals surface area contributed by atoms with Crippen molar-refractivity contribution in [1.29, 1.82) is 0 Å². The normalized spacial score (nSPS) is 11.6. The Kier molecular flexibility index (Phi) is 4.40. The summed E-state index contributed by atoms with van der Waals surface area (Å²) in [5.74, 6) is 0. The van der Waals surface area contributed by atoms with Crippen molar-refractivity contribution in [2.45, 2.75) is 9.79 Å². The topological polar surface area (TPSA) is 0 Å². The molecule has 6 rings (SSSR count). The molecule has 0 aliphatic carbocycles. The maximum Gasteiger partial charge on any atom is 0.0343 e. The van der Waals surface area contributed by atoms with Crippen LogP contribution in [0.3, 0.4) is 0 Å². The van der Waals surface area contributed by atoms with Crippen LogP contribution in [-0.4, -0.2) is 0 Å². The number of hydrogen-bond acceptors (Lipinski definition) is 2. The van der Waals surface area contributed by atoms with Crippen LogP contribution >= 0.6 is 21.6 Å². The van der Waals surface area contributed by atoms with Crippen LogP contribution in [0.5, 0.6) is 0 Å². The zero-order valence-corrected chi connectivity index (χ0v) is 17.8. The lowest BCUT2D eigenvalue weighted by Crippen LogP contribution is -1.83. The molecule has 0 heterocycles. The lowest BCUT2D eigenvalue weighted by Gasteiger charge is -2.13. The summed E-state index contributed by atoms with van der Waals surface area (Å²) in [6.07, 6.45) is 0. The summed E-state index contributed by atoms with van der Waals surface area (Å²) in [7, 11) is 3.76. The van der Waals surface area contributed by atoms with Gasteiger partial charge in [-0.05, 0) is 55.2 Å². The van der Waals surface area contributed by atoms with Crippen LogP contribution < -0.4 is 0 Å². The highest BCUT2D eigenvalue weighted by atomic mass is 33.1. The maximum absolute atomic E-state index is 2.30. The molecule has 0 radical (unpaired) electrons. The molecule has 142 valence electrons. The molecule has 0 aromatic heterocycles. The van der Waals surface area contributed by atoms with Crippen molar-refractivity contribution in [3.8, 4) is 0 Å². The summed E-state index contributed by atoms with van der Waals surface area (Å²) in [6, 6.07) is 39.5.